The molecule has 0 saturated carbocycles. The number of amides is 1. The van der Waals surface area contributed by atoms with Gasteiger partial charge in [-0.15, -0.1) is 0 Å². The summed E-state index contributed by atoms with van der Waals surface area (Å²) in [6.07, 6.45) is 4.12. The number of aliphatic hydroxyl groups is 1. The van der Waals surface area contributed by atoms with E-state index in [4.69, 9.17) is 4.84 Å². The Hall–Kier alpha value is -2.05. The van der Waals surface area contributed by atoms with Gasteiger partial charge in [0.2, 0.25) is 5.78 Å². The molecule has 106 valence electrons. The lowest BCUT2D eigenvalue weighted by atomic mass is 9.64. The van der Waals surface area contributed by atoms with Crippen LogP contribution in [0.3, 0.4) is 0 Å². The van der Waals surface area contributed by atoms with E-state index in [9.17, 15) is 19.5 Å². The average Bonchev–Trinajstić information content (AvgIpc) is 2.61. The first-order valence-electron chi connectivity index (χ1n) is 6.08. The third-order valence-corrected chi connectivity index (χ3v) is 3.70. The molecule has 1 saturated heterocycles. The summed E-state index contributed by atoms with van der Waals surface area (Å²) in [6.45, 7) is 5.22. The van der Waals surface area contributed by atoms with Gasteiger partial charge in [-0.25, -0.2) is 0 Å². The molecular formula is C14H15NO5. The molecule has 1 N–H and O–H groups in total. The first kappa shape index (κ1) is 14.4. The van der Waals surface area contributed by atoms with Gasteiger partial charge in [-0.05, 0) is 13.0 Å². The van der Waals surface area contributed by atoms with Crippen LogP contribution in [-0.4, -0.2) is 40.9 Å². The molecule has 2 aliphatic rings. The molecule has 1 aliphatic carbocycles. The van der Waals surface area contributed by atoms with Crippen LogP contribution in [0.4, 0.5) is 0 Å². The van der Waals surface area contributed by atoms with Gasteiger partial charge in [0, 0.05) is 5.92 Å². The fourth-order valence-corrected chi connectivity index (χ4v) is 2.72. The van der Waals surface area contributed by atoms with Gasteiger partial charge < -0.3 is 5.11 Å². The molecule has 1 spiro atoms. The summed E-state index contributed by atoms with van der Waals surface area (Å²) in [6, 6.07) is 0. The van der Waals surface area contributed by atoms with Crippen LogP contribution in [-0.2, 0) is 19.2 Å². The van der Waals surface area contributed by atoms with Crippen molar-refractivity contribution in [1.82, 2.24) is 5.06 Å². The van der Waals surface area contributed by atoms with E-state index in [0.29, 0.717) is 0 Å². The lowest BCUT2D eigenvalue weighted by Crippen LogP contribution is -2.55. The number of nitrogens with zero attached hydrogens (tertiary/aromatic N) is 1. The number of hydroxylamine groups is 2. The van der Waals surface area contributed by atoms with E-state index in [-0.39, 0.29) is 5.70 Å². The molecule has 6 heteroatoms. The fourth-order valence-electron chi connectivity index (χ4n) is 2.72. The van der Waals surface area contributed by atoms with Crippen LogP contribution in [0, 0.1) is 11.3 Å². The van der Waals surface area contributed by atoms with Crippen molar-refractivity contribution in [2.24, 2.45) is 11.3 Å². The summed E-state index contributed by atoms with van der Waals surface area (Å²) in [5, 5.41) is 10.9. The summed E-state index contributed by atoms with van der Waals surface area (Å²) < 4.78 is 0. The van der Waals surface area contributed by atoms with Crippen molar-refractivity contribution < 1.29 is 24.3 Å². The Labute approximate surface area is 116 Å². The Balaban J connectivity index is 2.68. The van der Waals surface area contributed by atoms with Crippen molar-refractivity contribution >= 4 is 17.5 Å². The van der Waals surface area contributed by atoms with E-state index < -0.39 is 34.9 Å². The summed E-state index contributed by atoms with van der Waals surface area (Å²) in [5.41, 5.74) is -2.10. The van der Waals surface area contributed by atoms with Crippen LogP contribution in [0.15, 0.2) is 36.6 Å². The highest BCUT2D eigenvalue weighted by Gasteiger charge is 2.66. The maximum atomic E-state index is 12.5. The maximum absolute atomic E-state index is 12.5. The van der Waals surface area contributed by atoms with E-state index in [1.165, 1.54) is 19.3 Å². The highest BCUT2D eigenvalue weighted by Crippen LogP contribution is 2.47. The summed E-state index contributed by atoms with van der Waals surface area (Å²) in [4.78, 5) is 41.6. The quantitative estimate of drug-likeness (QED) is 0.441. The second-order valence-electron chi connectivity index (χ2n) is 4.64. The number of allylic oxidation sites excluding steroid dienone is 4. The van der Waals surface area contributed by atoms with E-state index in [0.717, 1.165) is 5.06 Å². The number of carbonyl (C=O) groups excluding carboxylic acids is 3. The van der Waals surface area contributed by atoms with Crippen molar-refractivity contribution in [3.05, 3.63) is 36.6 Å². The van der Waals surface area contributed by atoms with E-state index >= 15 is 0 Å². The molecule has 1 aliphatic heterocycles. The standard InChI is InChI=1S/C14H15NO5/c1-4-5-9-6-7-10(16)12(18)14(9)11(17)8(2)15(20-3)13(14)19/h4-7,9,12,18H,2H2,1,3H3/b5-4+/t9?,12-,14+/m1/s1. The topological polar surface area (TPSA) is 83.9 Å². The molecule has 0 aromatic heterocycles. The summed E-state index contributed by atoms with van der Waals surface area (Å²) >= 11 is 0. The average molecular weight is 277 g/mol. The number of hydrogen-bond donors (Lipinski definition) is 1. The van der Waals surface area contributed by atoms with E-state index in [2.05, 4.69) is 6.58 Å². The predicted molar refractivity (Wildman–Crippen MR) is 68.9 cm³/mol. The molecule has 1 amide bonds. The van der Waals surface area contributed by atoms with E-state index in [1.807, 2.05) is 0 Å². The number of Topliss-reactive ketones (excluding diaryl/α,β-unsaturated/α-hetero) is 1. The second kappa shape index (κ2) is 4.81. The maximum Gasteiger partial charge on any atom is 0.269 e. The molecule has 1 heterocycles. The number of ketones is 2. The molecule has 0 aromatic rings. The van der Waals surface area contributed by atoms with Gasteiger partial charge >= 0.3 is 0 Å². The van der Waals surface area contributed by atoms with Crippen LogP contribution in [0.2, 0.25) is 0 Å². The van der Waals surface area contributed by atoms with Gasteiger partial charge in [0.25, 0.3) is 5.91 Å². The number of carbonyl (C=O) groups is 3. The molecule has 0 aromatic carbocycles. The Morgan fingerprint density at radius 2 is 2.10 bits per heavy atom. The highest BCUT2D eigenvalue weighted by atomic mass is 16.7. The monoisotopic (exact) mass is 277 g/mol. The Kier molecular flexibility index (Phi) is 3.45. The molecule has 0 bridgehead atoms. The highest BCUT2D eigenvalue weighted by molar-refractivity contribution is 6.24. The Morgan fingerprint density at radius 3 is 2.60 bits per heavy atom. The second-order valence-corrected chi connectivity index (χ2v) is 4.64. The Morgan fingerprint density at radius 1 is 1.45 bits per heavy atom. The number of rotatable bonds is 2. The normalized spacial score (nSPS) is 34.0. The van der Waals surface area contributed by atoms with Gasteiger partial charge in [0.1, 0.15) is 11.8 Å². The predicted octanol–water partition coefficient (Wildman–Crippen LogP) is 0.151. The van der Waals surface area contributed by atoms with Crippen molar-refractivity contribution in [2.45, 2.75) is 13.0 Å². The Bertz CT molecular complexity index is 562. The minimum absolute atomic E-state index is 0.186. The van der Waals surface area contributed by atoms with Gasteiger partial charge in [0.15, 0.2) is 11.2 Å². The first-order valence-corrected chi connectivity index (χ1v) is 6.08. The third-order valence-electron chi connectivity index (χ3n) is 3.70. The zero-order chi connectivity index (χ0) is 15.1. The van der Waals surface area contributed by atoms with Crippen LogP contribution in [0.5, 0.6) is 0 Å². The molecule has 1 unspecified atom stereocenters. The summed E-state index contributed by atoms with van der Waals surface area (Å²) in [5.74, 6) is -2.88. The molecule has 1 fully saturated rings. The van der Waals surface area contributed by atoms with Gasteiger partial charge in [-0.1, -0.05) is 24.8 Å². The number of hydrogen-bond acceptors (Lipinski definition) is 5. The van der Waals surface area contributed by atoms with Gasteiger partial charge in [-0.2, -0.15) is 5.06 Å². The van der Waals surface area contributed by atoms with Crippen LogP contribution in [0.1, 0.15) is 6.92 Å². The molecule has 0 radical (unpaired) electrons. The first-order chi connectivity index (χ1) is 9.42. The van der Waals surface area contributed by atoms with Crippen LogP contribution >= 0.6 is 0 Å². The molecular weight excluding hydrogens is 262 g/mol. The molecule has 20 heavy (non-hydrogen) atoms. The minimum Gasteiger partial charge on any atom is -0.383 e. The fraction of sp³-hybridized carbons (Fsp3) is 0.357. The molecule has 6 nitrogen and oxygen atoms in total. The minimum atomic E-state index is -1.91. The largest absolute Gasteiger partial charge is 0.383 e. The summed E-state index contributed by atoms with van der Waals surface area (Å²) in [7, 11) is 1.22. The lowest BCUT2D eigenvalue weighted by molar-refractivity contribution is -0.175. The molecule has 2 rings (SSSR count). The SMILES string of the molecule is C=C1C(=O)[C@@]2(C(=O)N1OC)C(/C=C/C)C=CC(=O)[C@H]2O. The van der Waals surface area contributed by atoms with E-state index in [1.54, 1.807) is 19.1 Å². The van der Waals surface area contributed by atoms with Gasteiger partial charge in [-0.3, -0.25) is 19.2 Å². The zero-order valence-electron chi connectivity index (χ0n) is 11.2. The van der Waals surface area contributed by atoms with Crippen molar-refractivity contribution in [1.29, 1.82) is 0 Å². The number of aliphatic hydroxyl groups excluding tert-OH is 1. The lowest BCUT2D eigenvalue weighted by Gasteiger charge is -2.35. The van der Waals surface area contributed by atoms with Crippen molar-refractivity contribution in [2.75, 3.05) is 7.11 Å². The smallest absolute Gasteiger partial charge is 0.269 e. The van der Waals surface area contributed by atoms with Crippen LogP contribution in [0.25, 0.3) is 0 Å². The molecule has 3 atom stereocenters. The van der Waals surface area contributed by atoms with Gasteiger partial charge in [0.05, 0.1) is 7.11 Å². The third kappa shape index (κ3) is 1.55. The van der Waals surface area contributed by atoms with Crippen molar-refractivity contribution in [3.63, 3.8) is 0 Å². The van der Waals surface area contributed by atoms with Crippen LogP contribution < -0.4 is 0 Å². The van der Waals surface area contributed by atoms with Crippen molar-refractivity contribution in [3.8, 4) is 0 Å². The zero-order valence-corrected chi connectivity index (χ0v) is 11.2.